The van der Waals surface area contributed by atoms with Crippen molar-refractivity contribution in [2.45, 2.75) is 25.2 Å². The van der Waals surface area contributed by atoms with Crippen molar-refractivity contribution >= 4 is 15.8 Å². The molecule has 1 saturated heterocycles. The predicted octanol–water partition coefficient (Wildman–Crippen LogP) is 1.33. The Hall–Kier alpha value is -1.14. The van der Waals surface area contributed by atoms with Crippen molar-refractivity contribution in [1.82, 2.24) is 9.29 Å². The third-order valence-corrected chi connectivity index (χ3v) is 5.63. The second-order valence-electron chi connectivity index (χ2n) is 4.99. The van der Waals surface area contributed by atoms with E-state index >= 15 is 0 Å². The van der Waals surface area contributed by atoms with Crippen molar-refractivity contribution in [2.24, 2.45) is 11.8 Å². The Bertz CT molecular complexity index is 530. The topological polar surface area (TPSA) is 76.3 Å². The summed E-state index contributed by atoms with van der Waals surface area (Å²) >= 11 is 0. The highest BCUT2D eigenvalue weighted by Crippen LogP contribution is 2.28. The van der Waals surface area contributed by atoms with Crippen LogP contribution >= 0.6 is 0 Å². The minimum Gasteiger partial charge on any atom is -0.383 e. The molecular formula is C12H19N3O2S. The summed E-state index contributed by atoms with van der Waals surface area (Å²) in [4.78, 5) is 3.96. The van der Waals surface area contributed by atoms with E-state index in [1.165, 1.54) is 16.6 Å². The van der Waals surface area contributed by atoms with Crippen LogP contribution in [-0.2, 0) is 10.0 Å². The zero-order chi connectivity index (χ0) is 13.3. The van der Waals surface area contributed by atoms with Gasteiger partial charge in [0, 0.05) is 19.3 Å². The molecule has 0 bridgehead atoms. The first kappa shape index (κ1) is 13.3. The summed E-state index contributed by atoms with van der Waals surface area (Å²) in [6, 6.07) is 3.11. The number of hydrogen-bond acceptors (Lipinski definition) is 4. The van der Waals surface area contributed by atoms with E-state index in [9.17, 15) is 8.42 Å². The molecule has 2 unspecified atom stereocenters. The van der Waals surface area contributed by atoms with E-state index in [2.05, 4.69) is 18.8 Å². The molecule has 2 atom stereocenters. The number of anilines is 1. The van der Waals surface area contributed by atoms with Crippen LogP contribution in [0.1, 0.15) is 20.3 Å². The van der Waals surface area contributed by atoms with Gasteiger partial charge in [-0.15, -0.1) is 0 Å². The molecule has 18 heavy (non-hydrogen) atoms. The largest absolute Gasteiger partial charge is 0.383 e. The minimum absolute atomic E-state index is 0.0729. The van der Waals surface area contributed by atoms with Gasteiger partial charge in [-0.05, 0) is 30.4 Å². The van der Waals surface area contributed by atoms with Gasteiger partial charge < -0.3 is 5.73 Å². The van der Waals surface area contributed by atoms with Gasteiger partial charge in [0.1, 0.15) is 10.7 Å². The molecule has 1 aliphatic rings. The summed E-state index contributed by atoms with van der Waals surface area (Å²) in [6.07, 6.45) is 2.38. The van der Waals surface area contributed by atoms with Gasteiger partial charge in [-0.1, -0.05) is 13.8 Å². The van der Waals surface area contributed by atoms with Crippen LogP contribution in [0.4, 0.5) is 5.82 Å². The van der Waals surface area contributed by atoms with Gasteiger partial charge in [0.2, 0.25) is 10.0 Å². The number of nitrogens with zero attached hydrogens (tertiary/aromatic N) is 2. The van der Waals surface area contributed by atoms with Crippen molar-refractivity contribution in [1.29, 1.82) is 0 Å². The highest BCUT2D eigenvalue weighted by molar-refractivity contribution is 7.89. The van der Waals surface area contributed by atoms with Gasteiger partial charge in [0.15, 0.2) is 0 Å². The molecule has 0 radical (unpaired) electrons. The summed E-state index contributed by atoms with van der Waals surface area (Å²) < 4.78 is 26.5. The molecule has 1 fully saturated rings. The number of hydrogen-bond donors (Lipinski definition) is 1. The molecule has 1 aromatic rings. The normalized spacial score (nSPS) is 26.1. The molecule has 0 aromatic carbocycles. The van der Waals surface area contributed by atoms with Crippen LogP contribution in [0, 0.1) is 11.8 Å². The molecule has 0 aliphatic carbocycles. The third-order valence-electron chi connectivity index (χ3n) is 3.71. The smallest absolute Gasteiger partial charge is 0.246 e. The van der Waals surface area contributed by atoms with E-state index in [4.69, 9.17) is 5.73 Å². The fourth-order valence-corrected chi connectivity index (χ4v) is 3.83. The summed E-state index contributed by atoms with van der Waals surface area (Å²) in [6.45, 7) is 5.35. The van der Waals surface area contributed by atoms with Gasteiger partial charge in [-0.25, -0.2) is 13.4 Å². The van der Waals surface area contributed by atoms with Crippen molar-refractivity contribution in [3.05, 3.63) is 18.3 Å². The molecule has 2 rings (SSSR count). The highest BCUT2D eigenvalue weighted by atomic mass is 32.2. The maximum atomic E-state index is 12.5. The molecule has 1 aliphatic heterocycles. The highest BCUT2D eigenvalue weighted by Gasteiger charge is 2.32. The first-order valence-electron chi connectivity index (χ1n) is 6.13. The minimum atomic E-state index is -3.50. The van der Waals surface area contributed by atoms with E-state index in [0.29, 0.717) is 24.9 Å². The van der Waals surface area contributed by atoms with Crippen LogP contribution in [0.3, 0.4) is 0 Å². The molecule has 1 aromatic heterocycles. The predicted molar refractivity (Wildman–Crippen MR) is 70.4 cm³/mol. The standard InChI is InChI=1S/C12H19N3O2S/c1-9-5-7-15(8-10(9)2)18(16,17)11-4-3-6-14-12(11)13/h3-4,6,9-10H,5,7-8H2,1-2H3,(H2,13,14). The zero-order valence-corrected chi connectivity index (χ0v) is 11.5. The van der Waals surface area contributed by atoms with E-state index in [0.717, 1.165) is 6.42 Å². The lowest BCUT2D eigenvalue weighted by molar-refractivity contribution is 0.212. The van der Waals surface area contributed by atoms with Crippen molar-refractivity contribution in [3.8, 4) is 0 Å². The van der Waals surface area contributed by atoms with E-state index in [1.54, 1.807) is 6.07 Å². The molecular weight excluding hydrogens is 250 g/mol. The molecule has 0 spiro atoms. The lowest BCUT2D eigenvalue weighted by Crippen LogP contribution is -2.42. The average Bonchev–Trinajstić information content (AvgIpc) is 2.33. The van der Waals surface area contributed by atoms with Crippen LogP contribution in [-0.4, -0.2) is 30.8 Å². The Kier molecular flexibility index (Phi) is 3.59. The van der Waals surface area contributed by atoms with Crippen LogP contribution < -0.4 is 5.73 Å². The first-order chi connectivity index (χ1) is 8.43. The molecule has 2 N–H and O–H groups in total. The maximum absolute atomic E-state index is 12.5. The van der Waals surface area contributed by atoms with Gasteiger partial charge >= 0.3 is 0 Å². The molecule has 2 heterocycles. The van der Waals surface area contributed by atoms with Gasteiger partial charge in [-0.3, -0.25) is 0 Å². The Labute approximate surface area is 108 Å². The monoisotopic (exact) mass is 269 g/mol. The summed E-state index contributed by atoms with van der Waals surface area (Å²) in [7, 11) is -3.50. The molecule has 0 amide bonds. The van der Waals surface area contributed by atoms with E-state index < -0.39 is 10.0 Å². The van der Waals surface area contributed by atoms with Crippen LogP contribution in [0.15, 0.2) is 23.2 Å². The second kappa shape index (κ2) is 4.85. The Morgan fingerprint density at radius 1 is 1.39 bits per heavy atom. The lowest BCUT2D eigenvalue weighted by atomic mass is 9.90. The van der Waals surface area contributed by atoms with Crippen molar-refractivity contribution in [2.75, 3.05) is 18.8 Å². The average molecular weight is 269 g/mol. The number of rotatable bonds is 2. The fraction of sp³-hybridized carbons (Fsp3) is 0.583. The number of aromatic nitrogens is 1. The third kappa shape index (κ3) is 2.35. The van der Waals surface area contributed by atoms with Crippen molar-refractivity contribution in [3.63, 3.8) is 0 Å². The van der Waals surface area contributed by atoms with E-state index in [-0.39, 0.29) is 10.7 Å². The summed E-state index contributed by atoms with van der Waals surface area (Å²) in [5.41, 5.74) is 5.66. The Balaban J connectivity index is 2.30. The van der Waals surface area contributed by atoms with Crippen LogP contribution in [0.25, 0.3) is 0 Å². The number of nitrogen functional groups attached to an aromatic ring is 1. The number of sulfonamides is 1. The van der Waals surface area contributed by atoms with Crippen LogP contribution in [0.5, 0.6) is 0 Å². The quantitative estimate of drug-likeness (QED) is 0.878. The maximum Gasteiger partial charge on any atom is 0.246 e. The van der Waals surface area contributed by atoms with Gasteiger partial charge in [0.25, 0.3) is 0 Å². The number of nitrogens with two attached hydrogens (primary N) is 1. The van der Waals surface area contributed by atoms with Crippen LogP contribution in [0.2, 0.25) is 0 Å². The van der Waals surface area contributed by atoms with E-state index in [1.807, 2.05) is 0 Å². The lowest BCUT2D eigenvalue weighted by Gasteiger charge is -2.34. The first-order valence-corrected chi connectivity index (χ1v) is 7.57. The number of piperidine rings is 1. The fourth-order valence-electron chi connectivity index (χ4n) is 2.20. The summed E-state index contributed by atoms with van der Waals surface area (Å²) in [5, 5.41) is 0. The second-order valence-corrected chi connectivity index (χ2v) is 6.90. The Morgan fingerprint density at radius 3 is 2.72 bits per heavy atom. The molecule has 0 saturated carbocycles. The van der Waals surface area contributed by atoms with Gasteiger partial charge in [-0.2, -0.15) is 4.31 Å². The SMILES string of the molecule is CC1CCN(S(=O)(=O)c2cccnc2N)CC1C. The van der Waals surface area contributed by atoms with Crippen molar-refractivity contribution < 1.29 is 8.42 Å². The van der Waals surface area contributed by atoms with Gasteiger partial charge in [0.05, 0.1) is 0 Å². The number of pyridine rings is 1. The summed E-state index contributed by atoms with van der Waals surface area (Å²) in [5.74, 6) is 0.998. The Morgan fingerprint density at radius 2 is 2.11 bits per heavy atom. The zero-order valence-electron chi connectivity index (χ0n) is 10.7. The molecule has 5 nitrogen and oxygen atoms in total. The molecule has 6 heteroatoms. The molecule has 100 valence electrons.